The van der Waals surface area contributed by atoms with Crippen molar-refractivity contribution in [2.24, 2.45) is 5.41 Å². The molecule has 0 aliphatic carbocycles. The number of amides is 1. The van der Waals surface area contributed by atoms with Gasteiger partial charge in [-0.2, -0.15) is 0 Å². The first-order chi connectivity index (χ1) is 8.76. The molecular formula is C13H17Cl2NO3. The number of nitrogens with one attached hydrogen (secondary N) is 1. The molecule has 0 spiro atoms. The van der Waals surface area contributed by atoms with Gasteiger partial charge < -0.3 is 15.5 Å². The molecule has 0 saturated carbocycles. The first kappa shape index (κ1) is 16.1. The lowest BCUT2D eigenvalue weighted by molar-refractivity contribution is 0.0925. The molecule has 1 aromatic carbocycles. The SMILES string of the molecule is CC(C)(CCO)CNC(=O)c1c(O)cc(Cl)cc1Cl. The smallest absolute Gasteiger partial charge is 0.256 e. The van der Waals surface area contributed by atoms with Crippen LogP contribution in [-0.4, -0.2) is 29.3 Å². The molecule has 1 aromatic rings. The third-order valence-electron chi connectivity index (χ3n) is 2.78. The van der Waals surface area contributed by atoms with Crippen LogP contribution in [0, 0.1) is 5.41 Å². The van der Waals surface area contributed by atoms with E-state index in [1.54, 1.807) is 0 Å². The highest BCUT2D eigenvalue weighted by molar-refractivity contribution is 6.37. The zero-order valence-electron chi connectivity index (χ0n) is 10.8. The van der Waals surface area contributed by atoms with Gasteiger partial charge in [0.1, 0.15) is 5.75 Å². The predicted molar refractivity (Wildman–Crippen MR) is 75.9 cm³/mol. The van der Waals surface area contributed by atoms with Crippen LogP contribution < -0.4 is 5.32 Å². The summed E-state index contributed by atoms with van der Waals surface area (Å²) in [6, 6.07) is 2.66. The van der Waals surface area contributed by atoms with Gasteiger partial charge in [-0.3, -0.25) is 4.79 Å². The summed E-state index contributed by atoms with van der Waals surface area (Å²) < 4.78 is 0. The number of phenolic OH excluding ortho intramolecular Hbond substituents is 1. The summed E-state index contributed by atoms with van der Waals surface area (Å²) in [4.78, 5) is 12.0. The highest BCUT2D eigenvalue weighted by Gasteiger charge is 2.21. The molecule has 0 radical (unpaired) electrons. The van der Waals surface area contributed by atoms with Crippen LogP contribution >= 0.6 is 23.2 Å². The lowest BCUT2D eigenvalue weighted by Gasteiger charge is -2.24. The van der Waals surface area contributed by atoms with Gasteiger partial charge in [-0.05, 0) is 24.0 Å². The molecule has 0 aliphatic rings. The summed E-state index contributed by atoms with van der Waals surface area (Å²) in [6.07, 6.45) is 0.563. The Balaban J connectivity index is 2.80. The molecular weight excluding hydrogens is 289 g/mol. The van der Waals surface area contributed by atoms with Crippen molar-refractivity contribution in [2.45, 2.75) is 20.3 Å². The third kappa shape index (κ3) is 4.56. The predicted octanol–water partition coefficient (Wildman–Crippen LogP) is 2.84. The lowest BCUT2D eigenvalue weighted by Crippen LogP contribution is -2.34. The van der Waals surface area contributed by atoms with Crippen molar-refractivity contribution >= 4 is 29.1 Å². The van der Waals surface area contributed by atoms with Crippen LogP contribution in [0.4, 0.5) is 0 Å². The topological polar surface area (TPSA) is 69.6 Å². The summed E-state index contributed by atoms with van der Waals surface area (Å²) in [5.74, 6) is -0.722. The Morgan fingerprint density at radius 2 is 2.00 bits per heavy atom. The number of hydrogen-bond donors (Lipinski definition) is 3. The van der Waals surface area contributed by atoms with E-state index in [1.165, 1.54) is 12.1 Å². The highest BCUT2D eigenvalue weighted by atomic mass is 35.5. The molecule has 106 valence electrons. The zero-order valence-corrected chi connectivity index (χ0v) is 12.3. The molecule has 1 amide bonds. The van der Waals surface area contributed by atoms with E-state index >= 15 is 0 Å². The minimum absolute atomic E-state index is 0.00543. The Hall–Kier alpha value is -0.970. The number of rotatable bonds is 5. The third-order valence-corrected chi connectivity index (χ3v) is 3.29. The highest BCUT2D eigenvalue weighted by Crippen LogP contribution is 2.30. The van der Waals surface area contributed by atoms with E-state index in [1.807, 2.05) is 13.8 Å². The number of hydrogen-bond acceptors (Lipinski definition) is 3. The fraction of sp³-hybridized carbons (Fsp3) is 0.462. The van der Waals surface area contributed by atoms with E-state index in [-0.39, 0.29) is 33.4 Å². The molecule has 0 atom stereocenters. The average Bonchev–Trinajstić information content (AvgIpc) is 2.25. The molecule has 3 N–H and O–H groups in total. The molecule has 0 fully saturated rings. The lowest BCUT2D eigenvalue weighted by atomic mass is 9.89. The van der Waals surface area contributed by atoms with Crippen molar-refractivity contribution in [3.63, 3.8) is 0 Å². The molecule has 0 saturated heterocycles. The first-order valence-corrected chi connectivity index (χ1v) is 6.59. The number of aliphatic hydroxyl groups excluding tert-OH is 1. The van der Waals surface area contributed by atoms with Gasteiger partial charge in [0.2, 0.25) is 0 Å². The van der Waals surface area contributed by atoms with Crippen molar-refractivity contribution in [3.05, 3.63) is 27.7 Å². The largest absolute Gasteiger partial charge is 0.507 e. The summed E-state index contributed by atoms with van der Waals surface area (Å²) in [7, 11) is 0. The summed E-state index contributed by atoms with van der Waals surface area (Å²) in [6.45, 7) is 4.26. The van der Waals surface area contributed by atoms with Gasteiger partial charge in [0.05, 0.1) is 10.6 Å². The molecule has 19 heavy (non-hydrogen) atoms. The number of carbonyl (C=O) groups is 1. The Bertz CT molecular complexity index is 452. The van der Waals surface area contributed by atoms with Gasteiger partial charge >= 0.3 is 0 Å². The van der Waals surface area contributed by atoms with Crippen molar-refractivity contribution in [2.75, 3.05) is 13.2 Å². The second-order valence-corrected chi connectivity index (χ2v) is 5.95. The van der Waals surface area contributed by atoms with Gasteiger partial charge in [0.25, 0.3) is 5.91 Å². The number of halogens is 2. The van der Waals surface area contributed by atoms with Crippen LogP contribution in [-0.2, 0) is 0 Å². The number of aromatic hydroxyl groups is 1. The quantitative estimate of drug-likeness (QED) is 0.783. The van der Waals surface area contributed by atoms with Gasteiger partial charge in [0.15, 0.2) is 0 Å². The van der Waals surface area contributed by atoms with Crippen LogP contribution in [0.5, 0.6) is 5.75 Å². The Morgan fingerprint density at radius 1 is 1.37 bits per heavy atom. The van der Waals surface area contributed by atoms with Crippen LogP contribution in [0.1, 0.15) is 30.6 Å². The van der Waals surface area contributed by atoms with E-state index in [4.69, 9.17) is 28.3 Å². The molecule has 0 aliphatic heterocycles. The van der Waals surface area contributed by atoms with Crippen LogP contribution in [0.3, 0.4) is 0 Å². The summed E-state index contributed by atoms with van der Waals surface area (Å²) >= 11 is 11.6. The average molecular weight is 306 g/mol. The van der Waals surface area contributed by atoms with Crippen LogP contribution in [0.25, 0.3) is 0 Å². The molecule has 1 rings (SSSR count). The molecule has 0 aromatic heterocycles. The second kappa shape index (κ2) is 6.46. The van der Waals surface area contributed by atoms with E-state index in [9.17, 15) is 9.90 Å². The minimum Gasteiger partial charge on any atom is -0.507 e. The fourth-order valence-electron chi connectivity index (χ4n) is 1.58. The number of aliphatic hydroxyl groups is 1. The van der Waals surface area contributed by atoms with Crippen molar-refractivity contribution < 1.29 is 15.0 Å². The first-order valence-electron chi connectivity index (χ1n) is 5.84. The van der Waals surface area contributed by atoms with Gasteiger partial charge in [0, 0.05) is 18.2 Å². The summed E-state index contributed by atoms with van der Waals surface area (Å²) in [5.41, 5.74) is -0.232. The maximum Gasteiger partial charge on any atom is 0.256 e. The van der Waals surface area contributed by atoms with E-state index in [0.717, 1.165) is 0 Å². The van der Waals surface area contributed by atoms with Crippen molar-refractivity contribution in [1.82, 2.24) is 5.32 Å². The van der Waals surface area contributed by atoms with Crippen molar-refractivity contribution in [3.8, 4) is 5.75 Å². The number of carbonyl (C=O) groups excluding carboxylic acids is 1. The van der Waals surface area contributed by atoms with Crippen LogP contribution in [0.2, 0.25) is 10.0 Å². The van der Waals surface area contributed by atoms with Gasteiger partial charge in [-0.15, -0.1) is 0 Å². The molecule has 0 bridgehead atoms. The standard InChI is InChI=1S/C13H17Cl2NO3/c1-13(2,3-4-17)7-16-12(19)11-9(15)5-8(14)6-10(11)18/h5-6,17-18H,3-4,7H2,1-2H3,(H,16,19). The second-order valence-electron chi connectivity index (χ2n) is 5.10. The maximum absolute atomic E-state index is 12.0. The van der Waals surface area contributed by atoms with Gasteiger partial charge in [-0.1, -0.05) is 37.0 Å². The molecule has 4 nitrogen and oxygen atoms in total. The fourth-order valence-corrected chi connectivity index (χ4v) is 2.15. The normalized spacial score (nSPS) is 11.4. The van der Waals surface area contributed by atoms with Crippen LogP contribution in [0.15, 0.2) is 12.1 Å². The van der Waals surface area contributed by atoms with Crippen molar-refractivity contribution in [1.29, 1.82) is 0 Å². The minimum atomic E-state index is -0.467. The zero-order chi connectivity index (χ0) is 14.6. The Kier molecular flexibility index (Phi) is 5.47. The molecule has 0 unspecified atom stereocenters. The Labute approximate surface area is 122 Å². The Morgan fingerprint density at radius 3 is 2.53 bits per heavy atom. The van der Waals surface area contributed by atoms with Gasteiger partial charge in [-0.25, -0.2) is 0 Å². The number of phenols is 1. The maximum atomic E-state index is 12.0. The molecule has 0 heterocycles. The van der Waals surface area contributed by atoms with E-state index < -0.39 is 5.91 Å². The monoisotopic (exact) mass is 305 g/mol. The summed E-state index contributed by atoms with van der Waals surface area (Å²) in [5, 5.41) is 21.7. The van der Waals surface area contributed by atoms with E-state index in [0.29, 0.717) is 13.0 Å². The molecule has 6 heteroatoms. The van der Waals surface area contributed by atoms with E-state index in [2.05, 4.69) is 5.32 Å². The number of benzene rings is 1.